The molecule has 0 spiro atoms. The Hall–Kier alpha value is -6.99. The molecule has 2 aliphatic rings. The van der Waals surface area contributed by atoms with Crippen LogP contribution in [0.5, 0.6) is 0 Å². The van der Waals surface area contributed by atoms with E-state index in [2.05, 4.69) is 5.10 Å². The number of hydrogen-bond acceptors (Lipinski definition) is 8. The zero-order chi connectivity index (χ0) is 44.8. The number of hydrogen-bond donors (Lipinski definition) is 1. The second-order valence-electron chi connectivity index (χ2n) is 17.6. The van der Waals surface area contributed by atoms with Crippen molar-refractivity contribution in [3.63, 3.8) is 0 Å². The van der Waals surface area contributed by atoms with E-state index in [1.165, 1.54) is 26.4 Å². The molecule has 0 unspecified atom stereocenters. The molecule has 9 aromatic rings. The first-order chi connectivity index (χ1) is 31.4. The number of nitrogens with zero attached hydrogens (tertiary/aromatic N) is 3. The van der Waals surface area contributed by atoms with Crippen molar-refractivity contribution in [2.45, 2.75) is 49.5 Å². The highest BCUT2D eigenvalue weighted by Gasteiger charge is 2.45. The Kier molecular flexibility index (Phi) is 9.44. The third kappa shape index (κ3) is 6.26. The van der Waals surface area contributed by atoms with E-state index in [4.69, 9.17) is 14.6 Å². The van der Waals surface area contributed by atoms with Gasteiger partial charge in [-0.05, 0) is 72.6 Å². The topological polar surface area (TPSA) is 142 Å². The van der Waals surface area contributed by atoms with Crippen LogP contribution in [0.2, 0.25) is 0 Å². The van der Waals surface area contributed by atoms with E-state index >= 15 is 9.18 Å². The van der Waals surface area contributed by atoms with Gasteiger partial charge in [-0.2, -0.15) is 17.8 Å². The summed E-state index contributed by atoms with van der Waals surface area (Å²) in [5.41, 5.74) is 10.5. The number of halogens is 1. The van der Waals surface area contributed by atoms with Crippen LogP contribution in [0.1, 0.15) is 55.2 Å². The number of benzene rings is 6. The van der Waals surface area contributed by atoms with Gasteiger partial charge in [-0.25, -0.2) is 4.39 Å². The average Bonchev–Trinajstić information content (AvgIpc) is 3.75. The molecule has 2 N–H and O–H groups in total. The molecule has 2 aliphatic carbocycles. The van der Waals surface area contributed by atoms with Crippen molar-refractivity contribution in [1.82, 2.24) is 13.5 Å². The molecule has 6 aromatic carbocycles. The van der Waals surface area contributed by atoms with Gasteiger partial charge in [0.1, 0.15) is 28.4 Å². The summed E-state index contributed by atoms with van der Waals surface area (Å²) in [5.74, 6) is 0.152. The van der Waals surface area contributed by atoms with Crippen LogP contribution >= 0.6 is 0 Å². The lowest BCUT2D eigenvalue weighted by atomic mass is 9.59. The summed E-state index contributed by atoms with van der Waals surface area (Å²) < 4.78 is 58.9. The average molecular weight is 883 g/mol. The summed E-state index contributed by atoms with van der Waals surface area (Å²) in [6.45, 7) is 0. The molecule has 2 fully saturated rings. The van der Waals surface area contributed by atoms with Crippen LogP contribution in [0.4, 0.5) is 4.39 Å². The van der Waals surface area contributed by atoms with Crippen molar-refractivity contribution in [2.75, 3.05) is 14.1 Å². The summed E-state index contributed by atoms with van der Waals surface area (Å²) >= 11 is 0. The molecule has 12 heteroatoms. The smallest absolute Gasteiger partial charge is 0.323 e. The monoisotopic (exact) mass is 882 g/mol. The molecule has 65 heavy (non-hydrogen) atoms. The van der Waals surface area contributed by atoms with E-state index in [1.54, 1.807) is 18.2 Å². The van der Waals surface area contributed by atoms with Gasteiger partial charge in [0.25, 0.3) is 0 Å². The van der Waals surface area contributed by atoms with Crippen LogP contribution < -0.4 is 16.6 Å². The van der Waals surface area contributed by atoms with Crippen molar-refractivity contribution in [3.05, 3.63) is 183 Å². The van der Waals surface area contributed by atoms with Gasteiger partial charge in [0, 0.05) is 47.1 Å². The van der Waals surface area contributed by atoms with E-state index < -0.39 is 21.4 Å². The van der Waals surface area contributed by atoms with E-state index in [0.29, 0.717) is 57.4 Å². The van der Waals surface area contributed by atoms with Crippen molar-refractivity contribution < 1.29 is 21.6 Å². The van der Waals surface area contributed by atoms with Crippen LogP contribution in [-0.4, -0.2) is 36.0 Å². The lowest BCUT2D eigenvalue weighted by Gasteiger charge is -2.43. The fourth-order valence-corrected chi connectivity index (χ4v) is 10.8. The predicted octanol–water partition coefficient (Wildman–Crippen LogP) is 10.5. The molecule has 0 bridgehead atoms. The maximum absolute atomic E-state index is 16.8. The number of rotatable bonds is 9. The van der Waals surface area contributed by atoms with Crippen LogP contribution in [0.3, 0.4) is 0 Å². The fraction of sp³-hybridized carbons (Fsp3) is 0.189. The largest absolute Gasteiger partial charge is 0.455 e. The van der Waals surface area contributed by atoms with E-state index in [9.17, 15) is 13.2 Å². The van der Waals surface area contributed by atoms with Gasteiger partial charge < -0.3 is 14.6 Å². The summed E-state index contributed by atoms with van der Waals surface area (Å²) in [4.78, 5) is 30.1. The Labute approximate surface area is 373 Å². The Morgan fingerprint density at radius 3 is 1.78 bits per heavy atom. The standard InChI is InChI=1S/C53H43FN4O6S/c1-57(2)65(61,62)58-46-36(31-56-58)19-24-39-47(59)42(50(64-51(39)46)35-13-7-4-8-14-35)32-15-20-37(21-16-32)52(27-9-28-52)45-40(54)25-26-41-44(45)48(60)43(49(63-41)34-11-5-3-6-12-34)33-17-22-38(23-18-33)53(55)29-10-30-53/h3-8,11-26,31H,9-10,27-30,55H2,1-2H3. The molecule has 10 nitrogen and oxygen atoms in total. The molecule has 3 heterocycles. The molecule has 0 amide bonds. The van der Waals surface area contributed by atoms with Crippen molar-refractivity contribution in [3.8, 4) is 44.9 Å². The lowest BCUT2D eigenvalue weighted by molar-refractivity contribution is 0.253. The normalized spacial score (nSPS) is 15.6. The number of fused-ring (bicyclic) bond motifs is 4. The Balaban J connectivity index is 1.08. The van der Waals surface area contributed by atoms with Crippen molar-refractivity contribution in [1.29, 1.82) is 0 Å². The molecule has 3 aromatic heterocycles. The minimum atomic E-state index is -4.08. The highest BCUT2D eigenvalue weighted by Crippen LogP contribution is 2.52. The molecular weight excluding hydrogens is 840 g/mol. The SMILES string of the molecule is CN(C)S(=O)(=O)n1ncc2ccc3c(=O)c(-c4ccc(C5(c6c(F)ccc7oc(-c8ccccc8)c(-c8ccc(C9(N)CCC9)cc8)c(=O)c67)CCC5)cc4)c(-c4ccccc4)oc3c21. The highest BCUT2D eigenvalue weighted by atomic mass is 32.2. The maximum Gasteiger partial charge on any atom is 0.323 e. The van der Waals surface area contributed by atoms with Crippen LogP contribution in [0.25, 0.3) is 77.7 Å². The molecule has 2 saturated carbocycles. The Bertz CT molecular complexity index is 3600. The van der Waals surface area contributed by atoms with Gasteiger partial charge in [-0.15, -0.1) is 4.09 Å². The van der Waals surface area contributed by atoms with Crippen LogP contribution in [-0.2, 0) is 21.2 Å². The molecule has 0 radical (unpaired) electrons. The molecular formula is C53H43FN4O6S. The first kappa shape index (κ1) is 40.8. The quantitative estimate of drug-likeness (QED) is 0.151. The second kappa shape index (κ2) is 15.1. The van der Waals surface area contributed by atoms with Gasteiger partial charge >= 0.3 is 10.2 Å². The first-order valence-electron chi connectivity index (χ1n) is 21.7. The van der Waals surface area contributed by atoms with E-state index in [0.717, 1.165) is 50.8 Å². The molecule has 11 rings (SSSR count). The van der Waals surface area contributed by atoms with Crippen molar-refractivity contribution >= 4 is 43.1 Å². The molecule has 324 valence electrons. The van der Waals surface area contributed by atoms with Crippen LogP contribution in [0.15, 0.2) is 158 Å². The first-order valence-corrected chi connectivity index (χ1v) is 23.1. The molecule has 0 saturated heterocycles. The summed E-state index contributed by atoms with van der Waals surface area (Å²) in [7, 11) is -1.27. The molecule has 0 aliphatic heterocycles. The van der Waals surface area contributed by atoms with Gasteiger partial charge in [0.2, 0.25) is 10.9 Å². The summed E-state index contributed by atoms with van der Waals surface area (Å²) in [6.07, 6.45) is 6.27. The summed E-state index contributed by atoms with van der Waals surface area (Å²) in [5, 5.41) is 5.04. The summed E-state index contributed by atoms with van der Waals surface area (Å²) in [6, 6.07) is 40.1. The number of aromatic nitrogens is 2. The van der Waals surface area contributed by atoms with Gasteiger partial charge in [0.05, 0.1) is 28.1 Å². The zero-order valence-electron chi connectivity index (χ0n) is 35.7. The second-order valence-corrected chi connectivity index (χ2v) is 19.5. The highest BCUT2D eigenvalue weighted by molar-refractivity contribution is 7.87. The maximum atomic E-state index is 16.8. The van der Waals surface area contributed by atoms with Gasteiger partial charge in [-0.1, -0.05) is 122 Å². The van der Waals surface area contributed by atoms with E-state index in [-0.39, 0.29) is 49.6 Å². The van der Waals surface area contributed by atoms with Crippen molar-refractivity contribution in [2.24, 2.45) is 5.73 Å². The van der Waals surface area contributed by atoms with Gasteiger partial charge in [-0.3, -0.25) is 9.59 Å². The lowest BCUT2D eigenvalue weighted by Crippen LogP contribution is -2.43. The minimum absolute atomic E-state index is 0.0840. The predicted molar refractivity (Wildman–Crippen MR) is 252 cm³/mol. The third-order valence-corrected chi connectivity index (χ3v) is 15.4. The molecule has 0 atom stereocenters. The number of nitrogens with two attached hydrogens (primary N) is 1. The minimum Gasteiger partial charge on any atom is -0.455 e. The fourth-order valence-electron chi connectivity index (χ4n) is 9.88. The zero-order valence-corrected chi connectivity index (χ0v) is 36.5. The van der Waals surface area contributed by atoms with Gasteiger partial charge in [0.15, 0.2) is 5.58 Å². The van der Waals surface area contributed by atoms with E-state index in [1.807, 2.05) is 109 Å². The Morgan fingerprint density at radius 2 is 1.23 bits per heavy atom. The third-order valence-electron chi connectivity index (χ3n) is 13.7. The van der Waals surface area contributed by atoms with Crippen LogP contribution in [0, 0.1) is 5.82 Å². The Morgan fingerprint density at radius 1 is 0.662 bits per heavy atom.